The third kappa shape index (κ3) is 6.09. The number of carbonyl (C=O) groups is 1. The molecule has 0 saturated carbocycles. The number of aromatic nitrogens is 2. The summed E-state index contributed by atoms with van der Waals surface area (Å²) in [6, 6.07) is 13.7. The molecule has 1 aliphatic heterocycles. The number of carbonyl (C=O) groups excluding carboxylic acids is 1. The Hall–Kier alpha value is -2.35. The maximum Gasteiger partial charge on any atom is 0.254 e. The van der Waals surface area contributed by atoms with Crippen LogP contribution >= 0.6 is 23.4 Å². The molecule has 8 heteroatoms. The Bertz CT molecular complexity index is 1020. The largest absolute Gasteiger partial charge is 0.361 e. The monoisotopic (exact) mass is 456 g/mol. The van der Waals surface area contributed by atoms with E-state index in [-0.39, 0.29) is 11.9 Å². The number of benzene rings is 1. The lowest BCUT2D eigenvalue weighted by molar-refractivity contribution is 0.0905. The molecule has 31 heavy (non-hydrogen) atoms. The predicted octanol–water partition coefficient (Wildman–Crippen LogP) is 4.72. The molecular weight excluding hydrogens is 432 g/mol. The topological polar surface area (TPSA) is 71.3 Å². The Kier molecular flexibility index (Phi) is 7.27. The van der Waals surface area contributed by atoms with E-state index in [1.165, 1.54) is 17.3 Å². The zero-order chi connectivity index (χ0) is 21.6. The molecule has 0 aliphatic carbocycles. The highest BCUT2D eigenvalue weighted by molar-refractivity contribution is 7.98. The number of pyridine rings is 1. The van der Waals surface area contributed by atoms with Crippen LogP contribution in [0.25, 0.3) is 0 Å². The Morgan fingerprint density at radius 2 is 2.03 bits per heavy atom. The highest BCUT2D eigenvalue weighted by Gasteiger charge is 2.22. The second-order valence-corrected chi connectivity index (χ2v) is 9.12. The molecule has 2 aromatic heterocycles. The third-order valence-electron chi connectivity index (χ3n) is 5.29. The van der Waals surface area contributed by atoms with Crippen molar-refractivity contribution in [2.24, 2.45) is 0 Å². The van der Waals surface area contributed by atoms with Crippen molar-refractivity contribution in [2.75, 3.05) is 13.1 Å². The van der Waals surface area contributed by atoms with E-state index in [0.717, 1.165) is 49.0 Å². The van der Waals surface area contributed by atoms with Gasteiger partial charge in [0.1, 0.15) is 10.8 Å². The Morgan fingerprint density at radius 3 is 2.74 bits per heavy atom. The minimum absolute atomic E-state index is 0.0666. The van der Waals surface area contributed by atoms with Crippen molar-refractivity contribution < 1.29 is 9.32 Å². The van der Waals surface area contributed by atoms with Gasteiger partial charge in [0.2, 0.25) is 0 Å². The van der Waals surface area contributed by atoms with Gasteiger partial charge in [0.05, 0.1) is 11.3 Å². The van der Waals surface area contributed by atoms with Crippen LogP contribution in [0.3, 0.4) is 0 Å². The second kappa shape index (κ2) is 10.3. The molecule has 1 N–H and O–H groups in total. The summed E-state index contributed by atoms with van der Waals surface area (Å²) in [6.07, 6.45) is 3.57. The lowest BCUT2D eigenvalue weighted by Crippen LogP contribution is -2.44. The number of hydrogen-bond donors (Lipinski definition) is 1. The van der Waals surface area contributed by atoms with Crippen molar-refractivity contribution in [3.8, 4) is 0 Å². The van der Waals surface area contributed by atoms with Gasteiger partial charge in [0.25, 0.3) is 5.91 Å². The van der Waals surface area contributed by atoms with Gasteiger partial charge in [0, 0.05) is 48.7 Å². The van der Waals surface area contributed by atoms with Crippen LogP contribution in [0.5, 0.6) is 0 Å². The number of piperidine rings is 1. The quantitative estimate of drug-likeness (QED) is 0.519. The molecule has 1 fully saturated rings. The lowest BCUT2D eigenvalue weighted by atomic mass is 10.0. The predicted molar refractivity (Wildman–Crippen MR) is 122 cm³/mol. The summed E-state index contributed by atoms with van der Waals surface area (Å²) in [6.45, 7) is 4.67. The van der Waals surface area contributed by atoms with Gasteiger partial charge in [-0.2, -0.15) is 0 Å². The van der Waals surface area contributed by atoms with Crippen LogP contribution in [-0.4, -0.2) is 40.1 Å². The zero-order valence-corrected chi connectivity index (χ0v) is 19.0. The smallest absolute Gasteiger partial charge is 0.254 e. The number of amides is 1. The molecular formula is C23H25ClN4O2S. The number of nitrogens with one attached hydrogen (secondary N) is 1. The first-order chi connectivity index (χ1) is 15.1. The van der Waals surface area contributed by atoms with Crippen LogP contribution < -0.4 is 5.32 Å². The molecule has 6 nitrogen and oxygen atoms in total. The molecule has 1 aliphatic rings. The molecule has 0 spiro atoms. The van der Waals surface area contributed by atoms with Gasteiger partial charge in [-0.3, -0.25) is 9.69 Å². The fraction of sp³-hybridized carbons (Fsp3) is 0.348. The normalized spacial score (nSPS) is 15.2. The summed E-state index contributed by atoms with van der Waals surface area (Å²) in [5.41, 5.74) is 2.70. The van der Waals surface area contributed by atoms with E-state index in [2.05, 4.69) is 32.5 Å². The molecule has 162 valence electrons. The van der Waals surface area contributed by atoms with Gasteiger partial charge < -0.3 is 9.84 Å². The minimum atomic E-state index is -0.0666. The molecule has 1 saturated heterocycles. The van der Waals surface area contributed by atoms with Crippen LogP contribution in [0.1, 0.15) is 40.2 Å². The SMILES string of the molecule is Cc1cc(CSc2ncccc2C(=O)NC2CCN(Cc3ccc(Cl)cc3)CC2)no1. The van der Waals surface area contributed by atoms with Crippen molar-refractivity contribution in [3.63, 3.8) is 0 Å². The van der Waals surface area contributed by atoms with Crippen molar-refractivity contribution >= 4 is 29.3 Å². The standard InChI is InChI=1S/C23H25ClN4O2S/c1-16-13-20(27-30-16)15-31-23-21(3-2-10-25-23)22(29)26-19-8-11-28(12-9-19)14-17-4-6-18(24)7-5-17/h2-7,10,13,19H,8-9,11-12,14-15H2,1H3,(H,26,29). The first-order valence-electron chi connectivity index (χ1n) is 10.3. The summed E-state index contributed by atoms with van der Waals surface area (Å²) < 4.78 is 5.11. The van der Waals surface area contributed by atoms with E-state index >= 15 is 0 Å². The van der Waals surface area contributed by atoms with E-state index in [1.807, 2.05) is 31.2 Å². The molecule has 0 radical (unpaired) electrons. The average molecular weight is 457 g/mol. The first kappa shape index (κ1) is 21.9. The lowest BCUT2D eigenvalue weighted by Gasteiger charge is -2.32. The van der Waals surface area contributed by atoms with E-state index in [0.29, 0.717) is 16.3 Å². The summed E-state index contributed by atoms with van der Waals surface area (Å²) in [5, 5.41) is 8.67. The maximum absolute atomic E-state index is 12.9. The number of thioether (sulfide) groups is 1. The van der Waals surface area contributed by atoms with E-state index in [9.17, 15) is 4.79 Å². The fourth-order valence-electron chi connectivity index (χ4n) is 3.65. The number of nitrogens with zero attached hydrogens (tertiary/aromatic N) is 3. The second-order valence-electron chi connectivity index (χ2n) is 7.72. The molecule has 1 amide bonds. The van der Waals surface area contributed by atoms with E-state index in [4.69, 9.17) is 16.1 Å². The molecule has 0 bridgehead atoms. The van der Waals surface area contributed by atoms with Gasteiger partial charge in [-0.05, 0) is 49.6 Å². The van der Waals surface area contributed by atoms with E-state index in [1.54, 1.807) is 12.3 Å². The van der Waals surface area contributed by atoms with Gasteiger partial charge in [0.15, 0.2) is 0 Å². The zero-order valence-electron chi connectivity index (χ0n) is 17.4. The van der Waals surface area contributed by atoms with Crippen molar-refractivity contribution in [2.45, 2.75) is 43.1 Å². The number of halogens is 1. The van der Waals surface area contributed by atoms with Gasteiger partial charge >= 0.3 is 0 Å². The van der Waals surface area contributed by atoms with Gasteiger partial charge in [-0.1, -0.05) is 40.7 Å². The summed E-state index contributed by atoms with van der Waals surface area (Å²) in [5.74, 6) is 1.32. The number of likely N-dealkylation sites (tertiary alicyclic amines) is 1. The highest BCUT2D eigenvalue weighted by Crippen LogP contribution is 2.24. The number of aryl methyl sites for hydroxylation is 1. The molecule has 3 aromatic rings. The van der Waals surface area contributed by atoms with Crippen LogP contribution in [-0.2, 0) is 12.3 Å². The Balaban J connectivity index is 1.29. The fourth-order valence-corrected chi connectivity index (χ4v) is 4.65. The summed E-state index contributed by atoms with van der Waals surface area (Å²) >= 11 is 7.46. The van der Waals surface area contributed by atoms with Crippen molar-refractivity contribution in [1.82, 2.24) is 20.4 Å². The Morgan fingerprint density at radius 1 is 1.26 bits per heavy atom. The molecule has 0 unspecified atom stereocenters. The molecule has 0 atom stereocenters. The summed E-state index contributed by atoms with van der Waals surface area (Å²) in [4.78, 5) is 19.7. The van der Waals surface area contributed by atoms with Crippen molar-refractivity contribution in [3.05, 3.63) is 76.3 Å². The average Bonchev–Trinajstić information content (AvgIpc) is 3.20. The summed E-state index contributed by atoms with van der Waals surface area (Å²) in [7, 11) is 0. The van der Waals surface area contributed by atoms with Crippen LogP contribution in [0.2, 0.25) is 5.02 Å². The van der Waals surface area contributed by atoms with E-state index < -0.39 is 0 Å². The Labute approximate surface area is 191 Å². The molecule has 1 aromatic carbocycles. The van der Waals surface area contributed by atoms with Crippen LogP contribution in [0.4, 0.5) is 0 Å². The number of hydrogen-bond acceptors (Lipinski definition) is 6. The third-order valence-corrected chi connectivity index (χ3v) is 6.58. The molecule has 4 rings (SSSR count). The maximum atomic E-state index is 12.9. The van der Waals surface area contributed by atoms with Crippen molar-refractivity contribution in [1.29, 1.82) is 0 Å². The van der Waals surface area contributed by atoms with Crippen LogP contribution in [0.15, 0.2) is 58.2 Å². The number of rotatable bonds is 7. The van der Waals surface area contributed by atoms with Gasteiger partial charge in [-0.25, -0.2) is 4.98 Å². The minimum Gasteiger partial charge on any atom is -0.361 e. The molecule has 3 heterocycles. The van der Waals surface area contributed by atoms with Gasteiger partial charge in [-0.15, -0.1) is 0 Å². The highest BCUT2D eigenvalue weighted by atomic mass is 35.5. The first-order valence-corrected chi connectivity index (χ1v) is 11.7. The van der Waals surface area contributed by atoms with Crippen LogP contribution in [0, 0.1) is 6.92 Å².